The minimum atomic E-state index is 0.500. The molecular formula is C18H36BrN. The van der Waals surface area contributed by atoms with Gasteiger partial charge in [-0.2, -0.15) is 0 Å². The first-order valence-electron chi connectivity index (χ1n) is 8.87. The lowest BCUT2D eigenvalue weighted by Gasteiger charge is -2.41. The quantitative estimate of drug-likeness (QED) is 0.472. The Morgan fingerprint density at radius 1 is 1.00 bits per heavy atom. The lowest BCUT2D eigenvalue weighted by molar-refractivity contribution is 0.101. The van der Waals surface area contributed by atoms with Gasteiger partial charge >= 0.3 is 0 Å². The van der Waals surface area contributed by atoms with Crippen molar-refractivity contribution in [2.24, 2.45) is 11.3 Å². The molecule has 1 aliphatic carbocycles. The van der Waals surface area contributed by atoms with E-state index in [9.17, 15) is 0 Å². The van der Waals surface area contributed by atoms with Crippen molar-refractivity contribution in [1.29, 1.82) is 0 Å². The molecule has 0 N–H and O–H groups in total. The molecule has 0 amide bonds. The highest BCUT2D eigenvalue weighted by Crippen LogP contribution is 2.35. The minimum absolute atomic E-state index is 0.500. The van der Waals surface area contributed by atoms with E-state index >= 15 is 0 Å². The summed E-state index contributed by atoms with van der Waals surface area (Å²) in [5.74, 6) is 1.01. The Hall–Kier alpha value is 0.440. The van der Waals surface area contributed by atoms with Crippen LogP contribution in [0.1, 0.15) is 78.6 Å². The molecule has 0 saturated heterocycles. The zero-order valence-corrected chi connectivity index (χ0v) is 15.8. The average molecular weight is 346 g/mol. The van der Waals surface area contributed by atoms with E-state index in [-0.39, 0.29) is 0 Å². The molecule has 0 radical (unpaired) electrons. The summed E-state index contributed by atoms with van der Waals surface area (Å²) in [6.07, 6.45) is 12.5. The third-order valence-electron chi connectivity index (χ3n) is 5.45. The molecule has 0 bridgehead atoms. The van der Waals surface area contributed by atoms with Gasteiger partial charge in [0.25, 0.3) is 0 Å². The molecular weight excluding hydrogens is 310 g/mol. The fourth-order valence-corrected chi connectivity index (χ4v) is 4.91. The second-order valence-electron chi connectivity index (χ2n) is 7.13. The maximum absolute atomic E-state index is 3.82. The van der Waals surface area contributed by atoms with Crippen molar-refractivity contribution in [3.63, 3.8) is 0 Å². The first-order chi connectivity index (χ1) is 9.60. The average Bonchev–Trinajstić information content (AvgIpc) is 2.47. The van der Waals surface area contributed by atoms with Crippen LogP contribution >= 0.6 is 15.9 Å². The molecule has 2 heteroatoms. The summed E-state index contributed by atoms with van der Waals surface area (Å²) in [4.78, 5) is 2.69. The monoisotopic (exact) mass is 345 g/mol. The van der Waals surface area contributed by atoms with Gasteiger partial charge in [0.1, 0.15) is 0 Å². The SMILES string of the molecule is CCCC(CBr)(CCC)CN(C)C1CCC(CC)CC1. The first kappa shape index (κ1) is 18.5. The van der Waals surface area contributed by atoms with Gasteiger partial charge in [-0.05, 0) is 56.9 Å². The summed E-state index contributed by atoms with van der Waals surface area (Å²) in [7, 11) is 2.37. The molecule has 1 fully saturated rings. The molecule has 0 heterocycles. The third kappa shape index (κ3) is 5.33. The number of hydrogen-bond acceptors (Lipinski definition) is 1. The van der Waals surface area contributed by atoms with Crippen LogP contribution in [0, 0.1) is 11.3 Å². The Balaban J connectivity index is 2.54. The summed E-state index contributed by atoms with van der Waals surface area (Å²) < 4.78 is 0. The van der Waals surface area contributed by atoms with Crippen molar-refractivity contribution in [2.45, 2.75) is 84.6 Å². The second kappa shape index (κ2) is 9.46. The van der Waals surface area contributed by atoms with Gasteiger partial charge in [0.2, 0.25) is 0 Å². The normalized spacial score (nSPS) is 24.3. The van der Waals surface area contributed by atoms with Crippen LogP contribution in [0.4, 0.5) is 0 Å². The van der Waals surface area contributed by atoms with Crippen molar-refractivity contribution >= 4 is 15.9 Å². The minimum Gasteiger partial charge on any atom is -0.303 e. The molecule has 1 saturated carbocycles. The van der Waals surface area contributed by atoms with Crippen LogP contribution in [-0.2, 0) is 0 Å². The van der Waals surface area contributed by atoms with Crippen LogP contribution in [0.2, 0.25) is 0 Å². The van der Waals surface area contributed by atoms with E-state index in [0.717, 1.165) is 17.3 Å². The smallest absolute Gasteiger partial charge is 0.0100 e. The maximum atomic E-state index is 3.82. The zero-order chi connectivity index (χ0) is 15.0. The van der Waals surface area contributed by atoms with E-state index in [1.54, 1.807) is 0 Å². The van der Waals surface area contributed by atoms with Gasteiger partial charge in [-0.25, -0.2) is 0 Å². The van der Waals surface area contributed by atoms with Crippen LogP contribution < -0.4 is 0 Å². The van der Waals surface area contributed by atoms with Crippen molar-refractivity contribution in [1.82, 2.24) is 4.90 Å². The van der Waals surface area contributed by atoms with Crippen molar-refractivity contribution < 1.29 is 0 Å². The Morgan fingerprint density at radius 2 is 1.55 bits per heavy atom. The molecule has 0 atom stereocenters. The summed E-state index contributed by atoms with van der Waals surface area (Å²) in [5.41, 5.74) is 0.500. The molecule has 0 spiro atoms. The van der Waals surface area contributed by atoms with Gasteiger partial charge in [-0.15, -0.1) is 0 Å². The molecule has 0 aromatic rings. The highest BCUT2D eigenvalue weighted by atomic mass is 79.9. The van der Waals surface area contributed by atoms with Crippen LogP contribution in [0.5, 0.6) is 0 Å². The van der Waals surface area contributed by atoms with E-state index in [1.807, 2.05) is 0 Å². The predicted octanol–water partition coefficient (Wildman–Crippen LogP) is 5.87. The number of hydrogen-bond donors (Lipinski definition) is 0. The Bertz CT molecular complexity index is 240. The molecule has 20 heavy (non-hydrogen) atoms. The summed E-state index contributed by atoms with van der Waals surface area (Å²) in [6.45, 7) is 8.30. The second-order valence-corrected chi connectivity index (χ2v) is 7.69. The predicted molar refractivity (Wildman–Crippen MR) is 94.7 cm³/mol. The van der Waals surface area contributed by atoms with Gasteiger partial charge in [0, 0.05) is 17.9 Å². The van der Waals surface area contributed by atoms with Crippen molar-refractivity contribution in [3.8, 4) is 0 Å². The van der Waals surface area contributed by atoms with Crippen LogP contribution in [0.15, 0.2) is 0 Å². The van der Waals surface area contributed by atoms with E-state index in [0.29, 0.717) is 5.41 Å². The summed E-state index contributed by atoms with van der Waals surface area (Å²) in [6, 6.07) is 0.838. The highest BCUT2D eigenvalue weighted by molar-refractivity contribution is 9.09. The molecule has 0 unspecified atom stereocenters. The van der Waals surface area contributed by atoms with E-state index in [2.05, 4.69) is 48.6 Å². The maximum Gasteiger partial charge on any atom is 0.0100 e. The topological polar surface area (TPSA) is 3.24 Å². The van der Waals surface area contributed by atoms with Crippen molar-refractivity contribution in [3.05, 3.63) is 0 Å². The third-order valence-corrected chi connectivity index (χ3v) is 6.64. The fourth-order valence-electron chi connectivity index (χ4n) is 4.17. The lowest BCUT2D eigenvalue weighted by atomic mass is 9.79. The van der Waals surface area contributed by atoms with Crippen molar-refractivity contribution in [2.75, 3.05) is 18.9 Å². The largest absolute Gasteiger partial charge is 0.303 e. The number of alkyl halides is 1. The molecule has 0 aliphatic heterocycles. The number of nitrogens with zero attached hydrogens (tertiary/aromatic N) is 1. The van der Waals surface area contributed by atoms with Gasteiger partial charge in [0.15, 0.2) is 0 Å². The number of rotatable bonds is 9. The zero-order valence-electron chi connectivity index (χ0n) is 14.3. The molecule has 1 aliphatic rings. The molecule has 120 valence electrons. The van der Waals surface area contributed by atoms with E-state index in [4.69, 9.17) is 0 Å². The van der Waals surface area contributed by atoms with Gasteiger partial charge in [0.05, 0.1) is 0 Å². The van der Waals surface area contributed by atoms with Crippen LogP contribution in [0.3, 0.4) is 0 Å². The molecule has 1 rings (SSSR count). The molecule has 0 aromatic heterocycles. The Labute approximate surface area is 136 Å². The van der Waals surface area contributed by atoms with E-state index < -0.39 is 0 Å². The fraction of sp³-hybridized carbons (Fsp3) is 1.00. The number of halogens is 1. The summed E-state index contributed by atoms with van der Waals surface area (Å²) >= 11 is 3.82. The molecule has 0 aromatic carbocycles. The van der Waals surface area contributed by atoms with Gasteiger partial charge in [-0.3, -0.25) is 0 Å². The Kier molecular flexibility index (Phi) is 8.74. The standard InChI is InChI=1S/C18H36BrN/c1-5-12-18(14-19,13-6-2)15-20(4)17-10-8-16(7-3)9-11-17/h16-17H,5-15H2,1-4H3. The van der Waals surface area contributed by atoms with Crippen LogP contribution in [0.25, 0.3) is 0 Å². The highest BCUT2D eigenvalue weighted by Gasteiger charge is 2.32. The van der Waals surface area contributed by atoms with Gasteiger partial charge < -0.3 is 4.90 Å². The first-order valence-corrected chi connectivity index (χ1v) is 9.99. The molecule has 1 nitrogen and oxygen atoms in total. The summed E-state index contributed by atoms with van der Waals surface area (Å²) in [5, 5.41) is 1.16. The lowest BCUT2D eigenvalue weighted by Crippen LogP contribution is -2.43. The Morgan fingerprint density at radius 3 is 1.95 bits per heavy atom. The van der Waals surface area contributed by atoms with Gasteiger partial charge in [-0.1, -0.05) is 56.0 Å². The van der Waals surface area contributed by atoms with Crippen LogP contribution in [-0.4, -0.2) is 29.9 Å². The van der Waals surface area contributed by atoms with E-state index in [1.165, 1.54) is 64.3 Å².